The number of carbonyl (C=O) groups is 1. The molecule has 0 amide bonds. The average molecular weight is 185 g/mol. The summed E-state index contributed by atoms with van der Waals surface area (Å²) in [4.78, 5) is 10.7. The van der Waals surface area contributed by atoms with Gasteiger partial charge in [-0.05, 0) is 18.8 Å². The van der Waals surface area contributed by atoms with Gasteiger partial charge in [-0.3, -0.25) is 4.79 Å². The maximum absolute atomic E-state index is 10.7. The molecule has 1 fully saturated rings. The van der Waals surface area contributed by atoms with E-state index in [1.54, 1.807) is 0 Å². The Morgan fingerprint density at radius 1 is 1.15 bits per heavy atom. The van der Waals surface area contributed by atoms with E-state index in [4.69, 9.17) is 10.8 Å². The Hall–Kier alpha value is -0.570. The highest BCUT2D eigenvalue weighted by atomic mass is 16.4. The van der Waals surface area contributed by atoms with Gasteiger partial charge in [0.25, 0.3) is 0 Å². The SMILES string of the molecule is NC(C(=O)O)C1CCCCCCC1. The molecule has 0 aromatic carbocycles. The van der Waals surface area contributed by atoms with Gasteiger partial charge < -0.3 is 10.8 Å². The summed E-state index contributed by atoms with van der Waals surface area (Å²) >= 11 is 0. The number of carboxylic acid groups (broad SMARTS) is 1. The fourth-order valence-electron chi connectivity index (χ4n) is 2.05. The van der Waals surface area contributed by atoms with Crippen LogP contribution >= 0.6 is 0 Å². The molecule has 1 rings (SSSR count). The third-order valence-electron chi connectivity index (χ3n) is 2.94. The van der Waals surface area contributed by atoms with Gasteiger partial charge in [0.2, 0.25) is 0 Å². The standard InChI is InChI=1S/C10H19NO2/c11-9(10(12)13)8-6-4-2-1-3-5-7-8/h8-9H,1-7,11H2,(H,12,13). The number of hydrogen-bond acceptors (Lipinski definition) is 2. The fourth-order valence-corrected chi connectivity index (χ4v) is 2.05. The van der Waals surface area contributed by atoms with Gasteiger partial charge in [-0.1, -0.05) is 32.1 Å². The van der Waals surface area contributed by atoms with Crippen LogP contribution in [0.5, 0.6) is 0 Å². The highest BCUT2D eigenvalue weighted by molar-refractivity contribution is 5.73. The van der Waals surface area contributed by atoms with Gasteiger partial charge in [0.15, 0.2) is 0 Å². The molecule has 0 aliphatic heterocycles. The first-order valence-electron chi connectivity index (χ1n) is 5.20. The van der Waals surface area contributed by atoms with Gasteiger partial charge >= 0.3 is 5.97 Å². The van der Waals surface area contributed by atoms with Crippen molar-refractivity contribution in [1.82, 2.24) is 0 Å². The van der Waals surface area contributed by atoms with Crippen molar-refractivity contribution in [2.75, 3.05) is 0 Å². The average Bonchev–Trinajstić information content (AvgIpc) is 2.02. The van der Waals surface area contributed by atoms with Gasteiger partial charge in [0, 0.05) is 0 Å². The third-order valence-corrected chi connectivity index (χ3v) is 2.94. The van der Waals surface area contributed by atoms with Crippen LogP contribution in [-0.4, -0.2) is 17.1 Å². The summed E-state index contributed by atoms with van der Waals surface area (Å²) in [5.41, 5.74) is 5.61. The molecule has 0 bridgehead atoms. The predicted molar refractivity (Wildman–Crippen MR) is 51.4 cm³/mol. The van der Waals surface area contributed by atoms with Crippen molar-refractivity contribution in [3.05, 3.63) is 0 Å². The molecule has 0 radical (unpaired) electrons. The van der Waals surface area contributed by atoms with E-state index >= 15 is 0 Å². The molecule has 1 atom stereocenters. The highest BCUT2D eigenvalue weighted by Crippen LogP contribution is 2.24. The van der Waals surface area contributed by atoms with E-state index in [9.17, 15) is 4.79 Å². The van der Waals surface area contributed by atoms with E-state index in [1.165, 1.54) is 19.3 Å². The van der Waals surface area contributed by atoms with Gasteiger partial charge in [-0.15, -0.1) is 0 Å². The molecule has 3 nitrogen and oxygen atoms in total. The molecule has 1 aliphatic carbocycles. The largest absolute Gasteiger partial charge is 0.480 e. The smallest absolute Gasteiger partial charge is 0.320 e. The number of carboxylic acids is 1. The van der Waals surface area contributed by atoms with E-state index in [2.05, 4.69) is 0 Å². The minimum atomic E-state index is -0.842. The maximum Gasteiger partial charge on any atom is 0.320 e. The maximum atomic E-state index is 10.7. The molecular weight excluding hydrogens is 166 g/mol. The quantitative estimate of drug-likeness (QED) is 0.689. The van der Waals surface area contributed by atoms with E-state index in [0.717, 1.165) is 25.7 Å². The molecule has 0 heterocycles. The third kappa shape index (κ3) is 3.35. The van der Waals surface area contributed by atoms with Crippen LogP contribution in [0.15, 0.2) is 0 Å². The van der Waals surface area contributed by atoms with Crippen molar-refractivity contribution in [2.45, 2.75) is 51.0 Å². The summed E-state index contributed by atoms with van der Waals surface area (Å²) in [6.45, 7) is 0. The molecule has 0 aromatic heterocycles. The first kappa shape index (κ1) is 10.5. The molecule has 13 heavy (non-hydrogen) atoms. The Balaban J connectivity index is 2.40. The monoisotopic (exact) mass is 185 g/mol. The normalized spacial score (nSPS) is 23.2. The second kappa shape index (κ2) is 5.22. The summed E-state index contributed by atoms with van der Waals surface area (Å²) in [5.74, 6) is -0.636. The molecule has 76 valence electrons. The molecule has 1 aliphatic rings. The Morgan fingerprint density at radius 3 is 2.08 bits per heavy atom. The predicted octanol–water partition coefficient (Wildman–Crippen LogP) is 1.76. The molecule has 1 saturated carbocycles. The van der Waals surface area contributed by atoms with E-state index in [0.29, 0.717) is 0 Å². The topological polar surface area (TPSA) is 63.3 Å². The van der Waals surface area contributed by atoms with Gasteiger partial charge in [-0.25, -0.2) is 0 Å². The van der Waals surface area contributed by atoms with Crippen LogP contribution in [0.1, 0.15) is 44.9 Å². The van der Waals surface area contributed by atoms with Crippen molar-refractivity contribution < 1.29 is 9.90 Å². The van der Waals surface area contributed by atoms with Crippen LogP contribution in [0.2, 0.25) is 0 Å². The van der Waals surface area contributed by atoms with Crippen molar-refractivity contribution in [3.63, 3.8) is 0 Å². The van der Waals surface area contributed by atoms with Crippen molar-refractivity contribution >= 4 is 5.97 Å². The van der Waals surface area contributed by atoms with Crippen LogP contribution in [0.25, 0.3) is 0 Å². The lowest BCUT2D eigenvalue weighted by Crippen LogP contribution is -2.38. The second-order valence-electron chi connectivity index (χ2n) is 3.97. The van der Waals surface area contributed by atoms with E-state index < -0.39 is 12.0 Å². The van der Waals surface area contributed by atoms with Crippen molar-refractivity contribution in [1.29, 1.82) is 0 Å². The lowest BCUT2D eigenvalue weighted by molar-refractivity contribution is -0.140. The van der Waals surface area contributed by atoms with Crippen LogP contribution in [-0.2, 0) is 4.79 Å². The van der Waals surface area contributed by atoms with Crippen LogP contribution in [0, 0.1) is 5.92 Å². The first-order valence-corrected chi connectivity index (χ1v) is 5.20. The van der Waals surface area contributed by atoms with Crippen LogP contribution in [0.4, 0.5) is 0 Å². The number of rotatable bonds is 2. The second-order valence-corrected chi connectivity index (χ2v) is 3.97. The van der Waals surface area contributed by atoms with Crippen LogP contribution < -0.4 is 5.73 Å². The summed E-state index contributed by atoms with van der Waals surface area (Å²) in [5, 5.41) is 8.77. The summed E-state index contributed by atoms with van der Waals surface area (Å²) in [7, 11) is 0. The molecule has 3 N–H and O–H groups in total. The number of hydrogen-bond donors (Lipinski definition) is 2. The summed E-state index contributed by atoms with van der Waals surface area (Å²) in [6, 6.07) is -0.641. The lowest BCUT2D eigenvalue weighted by Gasteiger charge is -2.22. The molecule has 3 heteroatoms. The molecule has 1 unspecified atom stereocenters. The molecular formula is C10H19NO2. The zero-order chi connectivity index (χ0) is 9.68. The Kier molecular flexibility index (Phi) is 4.22. The fraction of sp³-hybridized carbons (Fsp3) is 0.900. The Labute approximate surface area is 79.3 Å². The lowest BCUT2D eigenvalue weighted by atomic mass is 9.86. The van der Waals surface area contributed by atoms with Gasteiger partial charge in [-0.2, -0.15) is 0 Å². The van der Waals surface area contributed by atoms with Crippen molar-refractivity contribution in [3.8, 4) is 0 Å². The van der Waals surface area contributed by atoms with Gasteiger partial charge in [0.05, 0.1) is 0 Å². The van der Waals surface area contributed by atoms with Crippen molar-refractivity contribution in [2.24, 2.45) is 11.7 Å². The molecule has 0 saturated heterocycles. The van der Waals surface area contributed by atoms with E-state index in [1.807, 2.05) is 0 Å². The summed E-state index contributed by atoms with van der Waals surface area (Å²) in [6.07, 6.45) is 8.05. The first-order chi connectivity index (χ1) is 6.22. The molecule has 0 aromatic rings. The zero-order valence-electron chi connectivity index (χ0n) is 8.04. The van der Waals surface area contributed by atoms with Crippen LogP contribution in [0.3, 0.4) is 0 Å². The minimum Gasteiger partial charge on any atom is -0.480 e. The summed E-state index contributed by atoms with van der Waals surface area (Å²) < 4.78 is 0. The Bertz CT molecular complexity index is 162. The minimum absolute atomic E-state index is 0.206. The number of aliphatic carboxylic acids is 1. The number of nitrogens with two attached hydrogens (primary N) is 1. The van der Waals surface area contributed by atoms with Gasteiger partial charge in [0.1, 0.15) is 6.04 Å². The highest BCUT2D eigenvalue weighted by Gasteiger charge is 2.23. The zero-order valence-corrected chi connectivity index (χ0v) is 8.04. The molecule has 0 spiro atoms. The Morgan fingerprint density at radius 2 is 1.62 bits per heavy atom. The van der Waals surface area contributed by atoms with E-state index in [-0.39, 0.29) is 5.92 Å².